The van der Waals surface area contributed by atoms with Crippen molar-refractivity contribution in [2.24, 2.45) is 0 Å². The van der Waals surface area contributed by atoms with Gasteiger partial charge in [-0.15, -0.1) is 0 Å². The lowest BCUT2D eigenvalue weighted by atomic mass is 9.92. The fraction of sp³-hybridized carbons (Fsp3) is 0.529. The van der Waals surface area contributed by atoms with Gasteiger partial charge < -0.3 is 20.1 Å². The van der Waals surface area contributed by atoms with Crippen molar-refractivity contribution in [3.8, 4) is 11.5 Å². The van der Waals surface area contributed by atoms with Gasteiger partial charge >= 0.3 is 0 Å². The van der Waals surface area contributed by atoms with Crippen LogP contribution in [0, 0.1) is 0 Å². The van der Waals surface area contributed by atoms with Crippen molar-refractivity contribution < 1.29 is 14.3 Å². The number of rotatable bonds is 17. The van der Waals surface area contributed by atoms with Gasteiger partial charge in [-0.05, 0) is 74.3 Å². The molecule has 0 saturated carbocycles. The molecule has 0 unspecified atom stereocenters. The number of aromatic nitrogens is 1. The third-order valence-electron chi connectivity index (χ3n) is 7.77. The lowest BCUT2D eigenvalue weighted by Gasteiger charge is -2.21. The molecule has 6 nitrogen and oxygen atoms in total. The van der Waals surface area contributed by atoms with E-state index in [2.05, 4.69) is 41.8 Å². The van der Waals surface area contributed by atoms with Crippen LogP contribution in [0.5, 0.6) is 11.5 Å². The van der Waals surface area contributed by atoms with Gasteiger partial charge in [0.1, 0.15) is 0 Å². The van der Waals surface area contributed by atoms with Gasteiger partial charge in [0.15, 0.2) is 11.5 Å². The number of carbonyl (C=O) groups excluding carboxylic acids is 1. The highest BCUT2D eigenvalue weighted by Gasteiger charge is 2.17. The number of carbonyl (C=O) groups is 1. The number of amides is 1. The Morgan fingerprint density at radius 2 is 1.75 bits per heavy atom. The smallest absolute Gasteiger partial charge is 0.220 e. The number of anilines is 1. The second-order valence-corrected chi connectivity index (χ2v) is 10.9. The van der Waals surface area contributed by atoms with E-state index >= 15 is 0 Å². The van der Waals surface area contributed by atoms with Crippen molar-refractivity contribution in [3.63, 3.8) is 0 Å². The molecule has 1 aromatic heterocycles. The van der Waals surface area contributed by atoms with Crippen LogP contribution in [0.15, 0.2) is 42.5 Å². The number of hydrogen-bond donors (Lipinski definition) is 2. The van der Waals surface area contributed by atoms with Crippen molar-refractivity contribution in [1.29, 1.82) is 0 Å². The van der Waals surface area contributed by atoms with Crippen LogP contribution in [-0.2, 0) is 24.2 Å². The van der Waals surface area contributed by atoms with Crippen LogP contribution in [0.4, 0.5) is 5.69 Å². The number of nitrogens with one attached hydrogen (secondary N) is 2. The number of hydrogen-bond acceptors (Lipinski definition) is 5. The molecule has 0 aliphatic heterocycles. The molecule has 0 spiro atoms. The summed E-state index contributed by atoms with van der Waals surface area (Å²) >= 11 is 0. The van der Waals surface area contributed by atoms with E-state index in [1.165, 1.54) is 60.9 Å². The molecule has 216 valence electrons. The van der Waals surface area contributed by atoms with Crippen LogP contribution >= 0.6 is 0 Å². The summed E-state index contributed by atoms with van der Waals surface area (Å²) in [6.07, 6.45) is 14.3. The summed E-state index contributed by atoms with van der Waals surface area (Å²) in [6, 6.07) is 14.4. The number of fused-ring (bicyclic) bond motifs is 2. The summed E-state index contributed by atoms with van der Waals surface area (Å²) < 4.78 is 11.6. The maximum atomic E-state index is 12.2. The normalized spacial score (nSPS) is 12.7. The third kappa shape index (κ3) is 8.61. The summed E-state index contributed by atoms with van der Waals surface area (Å²) in [5, 5.41) is 8.00. The lowest BCUT2D eigenvalue weighted by Crippen LogP contribution is -2.22. The molecule has 1 heterocycles. The van der Waals surface area contributed by atoms with E-state index in [0.29, 0.717) is 25.3 Å². The first-order chi connectivity index (χ1) is 19.7. The summed E-state index contributed by atoms with van der Waals surface area (Å²) in [5.41, 5.74) is 6.05. The molecule has 0 saturated heterocycles. The maximum Gasteiger partial charge on any atom is 0.220 e. The number of pyridine rings is 1. The Morgan fingerprint density at radius 1 is 0.925 bits per heavy atom. The van der Waals surface area contributed by atoms with Gasteiger partial charge in [-0.2, -0.15) is 0 Å². The van der Waals surface area contributed by atoms with Crippen molar-refractivity contribution in [2.75, 3.05) is 25.6 Å². The Balaban J connectivity index is 1.19. The second kappa shape index (κ2) is 16.1. The van der Waals surface area contributed by atoms with E-state index in [4.69, 9.17) is 14.5 Å². The Labute approximate surface area is 240 Å². The number of unbranched alkanes of at least 4 members (excludes halogenated alkanes) is 6. The van der Waals surface area contributed by atoms with Crippen LogP contribution in [0.2, 0.25) is 0 Å². The molecule has 3 aromatic rings. The minimum Gasteiger partial charge on any atom is -0.493 e. The number of methoxy groups -OCH3 is 1. The summed E-state index contributed by atoms with van der Waals surface area (Å²) in [4.78, 5) is 17.1. The molecular formula is C34H47N3O3. The first kappa shape index (κ1) is 29.7. The van der Waals surface area contributed by atoms with Crippen LogP contribution in [0.3, 0.4) is 0 Å². The molecule has 40 heavy (non-hydrogen) atoms. The van der Waals surface area contributed by atoms with Crippen molar-refractivity contribution >= 4 is 22.5 Å². The van der Waals surface area contributed by atoms with Gasteiger partial charge in [-0.25, -0.2) is 0 Å². The molecule has 0 atom stereocenters. The van der Waals surface area contributed by atoms with Crippen molar-refractivity contribution in [1.82, 2.24) is 10.3 Å². The zero-order chi connectivity index (χ0) is 28.0. The fourth-order valence-corrected chi connectivity index (χ4v) is 5.49. The molecule has 0 bridgehead atoms. The Kier molecular flexibility index (Phi) is 12.0. The van der Waals surface area contributed by atoms with Crippen molar-refractivity contribution in [3.05, 3.63) is 59.3 Å². The van der Waals surface area contributed by atoms with Crippen molar-refractivity contribution in [2.45, 2.75) is 96.9 Å². The largest absolute Gasteiger partial charge is 0.493 e. The Bertz CT molecular complexity index is 1230. The minimum atomic E-state index is 0.115. The van der Waals surface area contributed by atoms with Gasteiger partial charge in [-0.3, -0.25) is 9.78 Å². The van der Waals surface area contributed by atoms with Gasteiger partial charge in [0.25, 0.3) is 0 Å². The first-order valence-corrected chi connectivity index (χ1v) is 15.4. The Hall–Kier alpha value is -3.28. The predicted molar refractivity (Wildman–Crippen MR) is 164 cm³/mol. The van der Waals surface area contributed by atoms with E-state index < -0.39 is 0 Å². The number of para-hydroxylation sites is 1. The van der Waals surface area contributed by atoms with E-state index in [0.717, 1.165) is 61.9 Å². The second-order valence-electron chi connectivity index (χ2n) is 10.9. The number of benzene rings is 2. The van der Waals surface area contributed by atoms with Gasteiger partial charge in [0.05, 0.1) is 19.2 Å². The molecule has 1 aliphatic carbocycles. The quantitative estimate of drug-likeness (QED) is 0.170. The molecule has 4 rings (SSSR count). The highest BCUT2D eigenvalue weighted by atomic mass is 16.5. The lowest BCUT2D eigenvalue weighted by molar-refractivity contribution is -0.121. The zero-order valence-electron chi connectivity index (χ0n) is 24.5. The molecule has 0 radical (unpaired) electrons. The van der Waals surface area contributed by atoms with E-state index in [9.17, 15) is 4.79 Å². The van der Waals surface area contributed by atoms with Gasteiger partial charge in [0, 0.05) is 36.3 Å². The molecule has 2 N–H and O–H groups in total. The average Bonchev–Trinajstić information content (AvgIpc) is 2.99. The topological polar surface area (TPSA) is 72.5 Å². The van der Waals surface area contributed by atoms with E-state index in [-0.39, 0.29) is 5.91 Å². The van der Waals surface area contributed by atoms with E-state index in [1.54, 1.807) is 7.11 Å². The Morgan fingerprint density at radius 3 is 2.62 bits per heavy atom. The van der Waals surface area contributed by atoms with Crippen LogP contribution in [-0.4, -0.2) is 31.2 Å². The van der Waals surface area contributed by atoms with Crippen LogP contribution in [0.25, 0.3) is 10.9 Å². The monoisotopic (exact) mass is 545 g/mol. The molecule has 2 aromatic carbocycles. The highest BCUT2D eigenvalue weighted by molar-refractivity contribution is 5.93. The minimum absolute atomic E-state index is 0.115. The maximum absolute atomic E-state index is 12.2. The van der Waals surface area contributed by atoms with Crippen LogP contribution < -0.4 is 20.1 Å². The first-order valence-electron chi connectivity index (χ1n) is 15.4. The molecule has 6 heteroatoms. The van der Waals surface area contributed by atoms with Gasteiger partial charge in [0.2, 0.25) is 5.91 Å². The zero-order valence-corrected chi connectivity index (χ0v) is 24.5. The molecule has 0 fully saturated rings. The molecule has 1 amide bonds. The number of ether oxygens (including phenoxy) is 2. The summed E-state index contributed by atoms with van der Waals surface area (Å²) in [5.74, 6) is 1.56. The van der Waals surface area contributed by atoms with E-state index in [1.807, 2.05) is 18.2 Å². The molecule has 1 aliphatic rings. The predicted octanol–water partition coefficient (Wildman–Crippen LogP) is 7.76. The molecular weight excluding hydrogens is 498 g/mol. The average molecular weight is 546 g/mol. The summed E-state index contributed by atoms with van der Waals surface area (Å²) in [6.45, 7) is 4.25. The summed E-state index contributed by atoms with van der Waals surface area (Å²) in [7, 11) is 1.66. The van der Waals surface area contributed by atoms with Crippen LogP contribution in [0.1, 0.15) is 94.4 Å². The number of nitrogens with zero attached hydrogens (tertiary/aromatic N) is 1. The standard InChI is InChI=1S/C34H47N3O3/c1-3-4-5-6-7-8-19-33(38)36-25-26-20-21-31(32(24-26)39-2)40-23-14-13-22-35-34-27-15-9-11-17-29(27)37-30-18-12-10-16-28(30)34/h9,11,15,17,20-21,24H,3-8,10,12-14,16,18-19,22-23,25H2,1-2H3,(H,35,37)(H,36,38). The third-order valence-corrected chi connectivity index (χ3v) is 7.77. The number of aryl methyl sites for hydroxylation is 1. The fourth-order valence-electron chi connectivity index (χ4n) is 5.49. The SMILES string of the molecule is CCCCCCCCC(=O)NCc1ccc(OCCCCNc2c3c(nc4ccccc24)CCCC3)c(OC)c1. The highest BCUT2D eigenvalue weighted by Crippen LogP contribution is 2.33. The van der Waals surface area contributed by atoms with Gasteiger partial charge in [-0.1, -0.05) is 63.3 Å².